The molecule has 2 aromatic heterocycles. The van der Waals surface area contributed by atoms with Crippen LogP contribution in [0.5, 0.6) is 11.5 Å². The Kier molecular flexibility index (Phi) is 4.33. The van der Waals surface area contributed by atoms with E-state index in [1.54, 1.807) is 38.5 Å². The summed E-state index contributed by atoms with van der Waals surface area (Å²) < 4.78 is 25.5. The molecule has 0 spiro atoms. The number of fused-ring (bicyclic) bond motifs is 1. The zero-order chi connectivity index (χ0) is 19.0. The van der Waals surface area contributed by atoms with Crippen molar-refractivity contribution in [3.8, 4) is 22.9 Å². The largest absolute Gasteiger partial charge is 0.493 e. The van der Waals surface area contributed by atoms with E-state index in [0.717, 1.165) is 5.56 Å². The van der Waals surface area contributed by atoms with Crippen molar-refractivity contribution in [2.45, 2.75) is 0 Å². The van der Waals surface area contributed by atoms with Gasteiger partial charge in [0.1, 0.15) is 5.82 Å². The topological polar surface area (TPSA) is 65.7 Å². The molecule has 0 aliphatic carbocycles. The number of rotatable bonds is 4. The van der Waals surface area contributed by atoms with E-state index in [9.17, 15) is 9.18 Å². The van der Waals surface area contributed by atoms with E-state index in [1.807, 2.05) is 12.1 Å². The van der Waals surface area contributed by atoms with Gasteiger partial charge < -0.3 is 9.47 Å². The first-order valence-electron chi connectivity index (χ1n) is 7.99. The molecule has 0 fully saturated rings. The molecule has 0 atom stereocenters. The Labute approximate surface area is 157 Å². The number of hydrogen-bond donors (Lipinski definition) is 0. The number of aromatic nitrogens is 3. The molecular weight excluding hydrogens is 369 g/mol. The number of hydrogen-bond acceptors (Lipinski definition) is 6. The molecule has 0 amide bonds. The van der Waals surface area contributed by atoms with Crippen LogP contribution in [0, 0.1) is 5.82 Å². The molecule has 0 bridgehead atoms. The van der Waals surface area contributed by atoms with E-state index in [0.29, 0.717) is 32.4 Å². The van der Waals surface area contributed by atoms with Crippen molar-refractivity contribution in [3.63, 3.8) is 0 Å². The Morgan fingerprint density at radius 2 is 1.89 bits per heavy atom. The molecule has 27 heavy (non-hydrogen) atoms. The highest BCUT2D eigenvalue weighted by Crippen LogP contribution is 2.31. The number of methoxy groups -OCH3 is 2. The van der Waals surface area contributed by atoms with Crippen molar-refractivity contribution in [1.82, 2.24) is 14.6 Å². The van der Waals surface area contributed by atoms with Crippen LogP contribution in [0.2, 0.25) is 0 Å². The molecule has 4 aromatic rings. The average molecular weight is 383 g/mol. The van der Waals surface area contributed by atoms with Crippen molar-refractivity contribution in [2.75, 3.05) is 14.2 Å². The zero-order valence-electron chi connectivity index (χ0n) is 14.5. The van der Waals surface area contributed by atoms with Crippen LogP contribution in [-0.4, -0.2) is 28.8 Å². The van der Waals surface area contributed by atoms with Gasteiger partial charge in [0.15, 0.2) is 17.3 Å². The van der Waals surface area contributed by atoms with Crippen LogP contribution in [-0.2, 0) is 0 Å². The van der Waals surface area contributed by atoms with Gasteiger partial charge in [-0.05, 0) is 36.4 Å². The number of benzene rings is 2. The number of para-hydroxylation sites is 1. The summed E-state index contributed by atoms with van der Waals surface area (Å²) in [5, 5.41) is 4.26. The molecule has 0 saturated carbocycles. The second kappa shape index (κ2) is 6.81. The highest BCUT2D eigenvalue weighted by Gasteiger charge is 2.13. The molecule has 0 aliphatic rings. The van der Waals surface area contributed by atoms with Gasteiger partial charge in [0.2, 0.25) is 4.96 Å². The number of thiazole rings is 1. The molecule has 8 heteroatoms. The molecule has 0 aliphatic heterocycles. The SMILES string of the molecule is COc1cccc(/C=c2/sc3nc(-c4ccc(F)cc4)nn3c2=O)c1OC. The summed E-state index contributed by atoms with van der Waals surface area (Å²) in [6.07, 6.45) is 1.72. The summed E-state index contributed by atoms with van der Waals surface area (Å²) in [6, 6.07) is 11.3. The van der Waals surface area contributed by atoms with Crippen LogP contribution >= 0.6 is 11.3 Å². The van der Waals surface area contributed by atoms with Crippen molar-refractivity contribution in [3.05, 3.63) is 68.7 Å². The lowest BCUT2D eigenvalue weighted by atomic mass is 10.2. The van der Waals surface area contributed by atoms with E-state index in [-0.39, 0.29) is 11.4 Å². The summed E-state index contributed by atoms with van der Waals surface area (Å²) in [7, 11) is 3.10. The fraction of sp³-hybridized carbons (Fsp3) is 0.105. The highest BCUT2D eigenvalue weighted by molar-refractivity contribution is 7.15. The first-order valence-corrected chi connectivity index (χ1v) is 8.80. The van der Waals surface area contributed by atoms with E-state index in [2.05, 4.69) is 10.1 Å². The summed E-state index contributed by atoms with van der Waals surface area (Å²) in [6.45, 7) is 0. The van der Waals surface area contributed by atoms with Crippen LogP contribution in [0.1, 0.15) is 5.56 Å². The van der Waals surface area contributed by atoms with Crippen LogP contribution in [0.3, 0.4) is 0 Å². The maximum Gasteiger partial charge on any atom is 0.291 e. The van der Waals surface area contributed by atoms with Gasteiger partial charge in [-0.1, -0.05) is 23.5 Å². The van der Waals surface area contributed by atoms with Gasteiger partial charge in [0.25, 0.3) is 5.56 Å². The van der Waals surface area contributed by atoms with Gasteiger partial charge in [0.05, 0.1) is 18.8 Å². The van der Waals surface area contributed by atoms with Gasteiger partial charge in [0, 0.05) is 11.1 Å². The lowest BCUT2D eigenvalue weighted by Gasteiger charge is -2.09. The summed E-state index contributed by atoms with van der Waals surface area (Å²) in [5.41, 5.74) is 1.09. The predicted molar refractivity (Wildman–Crippen MR) is 101 cm³/mol. The minimum atomic E-state index is -0.339. The minimum Gasteiger partial charge on any atom is -0.493 e. The molecule has 0 radical (unpaired) electrons. The molecule has 0 N–H and O–H groups in total. The summed E-state index contributed by atoms with van der Waals surface area (Å²) >= 11 is 1.22. The molecule has 4 rings (SSSR count). The third-order valence-electron chi connectivity index (χ3n) is 4.00. The fourth-order valence-corrected chi connectivity index (χ4v) is 3.62. The molecular formula is C19H14FN3O3S. The van der Waals surface area contributed by atoms with Crippen molar-refractivity contribution in [2.24, 2.45) is 0 Å². The lowest BCUT2D eigenvalue weighted by Crippen LogP contribution is -2.23. The molecule has 6 nitrogen and oxygen atoms in total. The van der Waals surface area contributed by atoms with Crippen molar-refractivity contribution < 1.29 is 13.9 Å². The van der Waals surface area contributed by atoms with E-state index >= 15 is 0 Å². The maximum absolute atomic E-state index is 13.1. The van der Waals surface area contributed by atoms with Crippen LogP contribution in [0.4, 0.5) is 4.39 Å². The Morgan fingerprint density at radius 3 is 2.56 bits per heavy atom. The molecule has 2 aromatic carbocycles. The maximum atomic E-state index is 13.1. The molecule has 0 saturated heterocycles. The van der Waals surface area contributed by atoms with E-state index in [4.69, 9.17) is 9.47 Å². The van der Waals surface area contributed by atoms with Crippen LogP contribution in [0.25, 0.3) is 22.4 Å². The standard InChI is InChI=1S/C19H14FN3O3S/c1-25-14-5-3-4-12(16(14)26-2)10-15-18(24)23-19(27-15)21-17(22-23)11-6-8-13(20)9-7-11/h3-10H,1-2H3/b15-10+. The summed E-state index contributed by atoms with van der Waals surface area (Å²) in [4.78, 5) is 17.5. The number of halogens is 1. The first kappa shape index (κ1) is 17.2. The normalized spacial score (nSPS) is 11.9. The average Bonchev–Trinajstić information content (AvgIpc) is 3.22. The second-order valence-electron chi connectivity index (χ2n) is 5.64. The third kappa shape index (κ3) is 3.04. The van der Waals surface area contributed by atoms with Crippen LogP contribution in [0.15, 0.2) is 47.3 Å². The Bertz CT molecular complexity index is 1230. The predicted octanol–water partition coefficient (Wildman–Crippen LogP) is 2.52. The Hall–Kier alpha value is -3.26. The second-order valence-corrected chi connectivity index (χ2v) is 6.64. The smallest absolute Gasteiger partial charge is 0.291 e. The number of ether oxygens (including phenoxy) is 2. The van der Waals surface area contributed by atoms with Gasteiger partial charge in [-0.3, -0.25) is 4.79 Å². The van der Waals surface area contributed by atoms with Gasteiger partial charge >= 0.3 is 0 Å². The van der Waals surface area contributed by atoms with E-state index < -0.39 is 0 Å². The van der Waals surface area contributed by atoms with E-state index in [1.165, 1.54) is 28.0 Å². The molecule has 0 unspecified atom stereocenters. The van der Waals surface area contributed by atoms with Gasteiger partial charge in [-0.2, -0.15) is 9.50 Å². The third-order valence-corrected chi connectivity index (χ3v) is 4.96. The Morgan fingerprint density at radius 1 is 1.11 bits per heavy atom. The quantitative estimate of drug-likeness (QED) is 0.542. The van der Waals surface area contributed by atoms with Gasteiger partial charge in [-0.25, -0.2) is 4.39 Å². The summed E-state index contributed by atoms with van der Waals surface area (Å²) in [5.74, 6) is 1.17. The highest BCUT2D eigenvalue weighted by atomic mass is 32.1. The first-order chi connectivity index (χ1) is 13.1. The van der Waals surface area contributed by atoms with Crippen LogP contribution < -0.4 is 19.6 Å². The zero-order valence-corrected chi connectivity index (χ0v) is 15.3. The molecule has 2 heterocycles. The monoisotopic (exact) mass is 383 g/mol. The van der Waals surface area contributed by atoms with Crippen molar-refractivity contribution >= 4 is 22.4 Å². The lowest BCUT2D eigenvalue weighted by molar-refractivity contribution is 0.354. The minimum absolute atomic E-state index is 0.277. The molecule has 136 valence electrons. The van der Waals surface area contributed by atoms with Crippen molar-refractivity contribution in [1.29, 1.82) is 0 Å². The van der Waals surface area contributed by atoms with Gasteiger partial charge in [-0.15, -0.1) is 5.10 Å². The fourth-order valence-electron chi connectivity index (χ4n) is 2.72. The Balaban J connectivity index is 1.82. The number of nitrogens with zero attached hydrogens (tertiary/aromatic N) is 3.